The van der Waals surface area contributed by atoms with Gasteiger partial charge in [0.2, 0.25) is 17.7 Å². The minimum atomic E-state index is -0.135. The number of likely N-dealkylation sites (N-methyl/N-ethyl adjacent to an activating group) is 1. The number of nitrogens with one attached hydrogen (secondary N) is 2. The number of carbonyl (C=O) groups is 3. The van der Waals surface area contributed by atoms with Crippen LogP contribution in [-0.4, -0.2) is 98.3 Å². The van der Waals surface area contributed by atoms with Crippen molar-refractivity contribution in [2.24, 2.45) is 28.7 Å². The van der Waals surface area contributed by atoms with Crippen LogP contribution in [0.25, 0.3) is 0 Å². The molecule has 2 heterocycles. The highest BCUT2D eigenvalue weighted by atomic mass is 16.2. The van der Waals surface area contributed by atoms with E-state index in [0.29, 0.717) is 19.0 Å². The Kier molecular flexibility index (Phi) is 6.83. The molecule has 176 valence electrons. The largest absolute Gasteiger partial charge is 0.356 e. The lowest BCUT2D eigenvalue weighted by atomic mass is 9.85. The highest BCUT2D eigenvalue weighted by Gasteiger charge is 2.58. The van der Waals surface area contributed by atoms with Gasteiger partial charge in [-0.2, -0.15) is 0 Å². The van der Waals surface area contributed by atoms with Gasteiger partial charge in [-0.25, -0.2) is 0 Å². The average Bonchev–Trinajstić information content (AvgIpc) is 3.55. The summed E-state index contributed by atoms with van der Waals surface area (Å²) in [6, 6.07) is 0.00269. The molecular formula is C23H36N6O3. The second kappa shape index (κ2) is 9.60. The lowest BCUT2D eigenvalue weighted by molar-refractivity contribution is -0.140. The average molecular weight is 445 g/mol. The lowest BCUT2D eigenvalue weighted by Crippen LogP contribution is -2.45. The first kappa shape index (κ1) is 22.8. The molecule has 0 aromatic heterocycles. The number of likely N-dealkylation sites (tertiary alicyclic amines) is 2. The fraction of sp³-hybridized carbons (Fsp3) is 0.739. The number of carbonyl (C=O) groups excluding carboxylic acids is 3. The number of nitrogens with zero attached hydrogens (tertiary/aromatic N) is 4. The van der Waals surface area contributed by atoms with Crippen LogP contribution in [-0.2, 0) is 14.4 Å². The van der Waals surface area contributed by atoms with Gasteiger partial charge in [-0.15, -0.1) is 0 Å². The predicted molar refractivity (Wildman–Crippen MR) is 122 cm³/mol. The van der Waals surface area contributed by atoms with E-state index in [-0.39, 0.29) is 47.4 Å². The summed E-state index contributed by atoms with van der Waals surface area (Å²) in [4.78, 5) is 47.4. The van der Waals surface area contributed by atoms with E-state index in [1.165, 1.54) is 4.90 Å². The molecule has 2 N–H and O–H groups in total. The maximum atomic E-state index is 12.8. The quantitative estimate of drug-likeness (QED) is 0.178. The number of hydrogen-bond donors (Lipinski definition) is 2. The monoisotopic (exact) mass is 444 g/mol. The third-order valence-electron chi connectivity index (χ3n) is 7.42. The normalized spacial score (nSPS) is 31.5. The van der Waals surface area contributed by atoms with E-state index in [0.717, 1.165) is 45.3 Å². The van der Waals surface area contributed by atoms with Gasteiger partial charge in [0.1, 0.15) is 0 Å². The van der Waals surface area contributed by atoms with E-state index in [1.54, 1.807) is 11.9 Å². The Hall–Kier alpha value is -2.42. The summed E-state index contributed by atoms with van der Waals surface area (Å²) in [5.41, 5.74) is 0. The first-order valence-electron chi connectivity index (χ1n) is 11.9. The van der Waals surface area contributed by atoms with Crippen molar-refractivity contribution in [2.45, 2.75) is 31.7 Å². The maximum Gasteiger partial charge on any atom is 0.239 e. The summed E-state index contributed by atoms with van der Waals surface area (Å²) in [5, 5.41) is 6.50. The molecule has 0 aromatic carbocycles. The van der Waals surface area contributed by atoms with Gasteiger partial charge >= 0.3 is 0 Å². The second-order valence-electron chi connectivity index (χ2n) is 9.53. The number of allylic oxidation sites excluding steroid dienone is 2. The topological polar surface area (TPSA) is 97.3 Å². The van der Waals surface area contributed by atoms with Crippen molar-refractivity contribution in [3.8, 4) is 0 Å². The van der Waals surface area contributed by atoms with Gasteiger partial charge in [0.05, 0.1) is 17.9 Å². The Morgan fingerprint density at radius 3 is 2.38 bits per heavy atom. The zero-order chi connectivity index (χ0) is 22.8. The third-order valence-corrected chi connectivity index (χ3v) is 7.42. The van der Waals surface area contributed by atoms with Crippen LogP contribution < -0.4 is 10.6 Å². The van der Waals surface area contributed by atoms with Crippen LogP contribution in [0, 0.1) is 23.7 Å². The van der Waals surface area contributed by atoms with E-state index in [2.05, 4.69) is 32.7 Å². The van der Waals surface area contributed by atoms with Crippen molar-refractivity contribution in [1.29, 1.82) is 0 Å². The van der Waals surface area contributed by atoms with Gasteiger partial charge in [-0.3, -0.25) is 29.2 Å². The molecule has 0 spiro atoms. The van der Waals surface area contributed by atoms with Gasteiger partial charge in [0.15, 0.2) is 5.96 Å². The standard InChI is InChI=1S/C23H36N6O3/c1-24-23(25-9-5-12-28-11-4-6-17(28)20(30)27(2)3)26-10-13-29-21(31)18-15-7-8-16(14-15)19(18)22(29)32/h7-8,15-19H,4-6,9-14H2,1-3H3,(H2,24,25,26). The van der Waals surface area contributed by atoms with Crippen LogP contribution in [0.15, 0.2) is 17.1 Å². The van der Waals surface area contributed by atoms with E-state index in [9.17, 15) is 14.4 Å². The summed E-state index contributed by atoms with van der Waals surface area (Å²) in [6.45, 7) is 3.41. The molecule has 2 bridgehead atoms. The van der Waals surface area contributed by atoms with Gasteiger partial charge in [-0.05, 0) is 44.1 Å². The Bertz CT molecular complexity index is 780. The summed E-state index contributed by atoms with van der Waals surface area (Å²) < 4.78 is 0. The summed E-state index contributed by atoms with van der Waals surface area (Å²) >= 11 is 0. The second-order valence-corrected chi connectivity index (χ2v) is 9.53. The molecule has 2 aliphatic heterocycles. The maximum absolute atomic E-state index is 12.8. The highest BCUT2D eigenvalue weighted by Crippen LogP contribution is 2.52. The molecule has 1 saturated carbocycles. The van der Waals surface area contributed by atoms with Crippen molar-refractivity contribution in [2.75, 3.05) is 53.9 Å². The summed E-state index contributed by atoms with van der Waals surface area (Å²) in [6.07, 6.45) is 8.09. The molecule has 2 saturated heterocycles. The van der Waals surface area contributed by atoms with Gasteiger partial charge in [0, 0.05) is 47.3 Å². The highest BCUT2D eigenvalue weighted by molar-refractivity contribution is 6.06. The zero-order valence-electron chi connectivity index (χ0n) is 19.4. The molecule has 9 nitrogen and oxygen atoms in total. The minimum Gasteiger partial charge on any atom is -0.356 e. The number of imide groups is 1. The lowest BCUT2D eigenvalue weighted by Gasteiger charge is -2.26. The molecule has 2 aliphatic carbocycles. The molecule has 3 amide bonds. The Labute approximate surface area is 190 Å². The van der Waals surface area contributed by atoms with Crippen LogP contribution in [0.2, 0.25) is 0 Å². The fourth-order valence-electron chi connectivity index (χ4n) is 5.85. The number of rotatable bonds is 8. The van der Waals surface area contributed by atoms with Crippen molar-refractivity contribution >= 4 is 23.7 Å². The first-order valence-corrected chi connectivity index (χ1v) is 11.9. The predicted octanol–water partition coefficient (Wildman–Crippen LogP) is -0.0988. The SMILES string of the molecule is CN=C(NCCCN1CCCC1C(=O)N(C)C)NCCN1C(=O)C2C3C=CC(C3)C2C1=O. The van der Waals surface area contributed by atoms with Crippen molar-refractivity contribution in [1.82, 2.24) is 25.3 Å². The Morgan fingerprint density at radius 2 is 1.75 bits per heavy atom. The van der Waals surface area contributed by atoms with E-state index in [1.807, 2.05) is 14.1 Å². The fourth-order valence-corrected chi connectivity index (χ4v) is 5.85. The summed E-state index contributed by atoms with van der Waals surface area (Å²) in [7, 11) is 5.33. The van der Waals surface area contributed by atoms with E-state index in [4.69, 9.17) is 0 Å². The number of aliphatic imine (C=N–C) groups is 1. The molecule has 4 rings (SSSR count). The van der Waals surface area contributed by atoms with E-state index < -0.39 is 0 Å². The number of fused-ring (bicyclic) bond motifs is 5. The smallest absolute Gasteiger partial charge is 0.239 e. The molecule has 5 atom stereocenters. The number of guanidine groups is 1. The van der Waals surface area contributed by atoms with Crippen LogP contribution in [0.5, 0.6) is 0 Å². The number of amides is 3. The molecule has 4 aliphatic rings. The molecule has 5 unspecified atom stereocenters. The van der Waals surface area contributed by atoms with Crippen LogP contribution >= 0.6 is 0 Å². The van der Waals surface area contributed by atoms with Crippen LogP contribution in [0.4, 0.5) is 0 Å². The molecule has 9 heteroatoms. The van der Waals surface area contributed by atoms with Gasteiger partial charge in [0.25, 0.3) is 0 Å². The molecule has 32 heavy (non-hydrogen) atoms. The van der Waals surface area contributed by atoms with Crippen molar-refractivity contribution in [3.63, 3.8) is 0 Å². The van der Waals surface area contributed by atoms with Gasteiger partial charge in [-0.1, -0.05) is 12.2 Å². The van der Waals surface area contributed by atoms with Crippen LogP contribution in [0.1, 0.15) is 25.7 Å². The zero-order valence-corrected chi connectivity index (χ0v) is 19.4. The van der Waals surface area contributed by atoms with Crippen LogP contribution in [0.3, 0.4) is 0 Å². The molecule has 3 fully saturated rings. The Balaban J connectivity index is 1.16. The van der Waals surface area contributed by atoms with Crippen molar-refractivity contribution < 1.29 is 14.4 Å². The first-order chi connectivity index (χ1) is 15.4. The summed E-state index contributed by atoms with van der Waals surface area (Å²) in [5.74, 6) is 1.06. The Morgan fingerprint density at radius 1 is 1.09 bits per heavy atom. The number of hydrogen-bond acceptors (Lipinski definition) is 5. The minimum absolute atomic E-state index is 0.00269. The van der Waals surface area contributed by atoms with Crippen molar-refractivity contribution in [3.05, 3.63) is 12.2 Å². The molecule has 0 radical (unpaired) electrons. The molecule has 0 aromatic rings. The molecular weight excluding hydrogens is 408 g/mol. The van der Waals surface area contributed by atoms with Gasteiger partial charge < -0.3 is 15.5 Å². The van der Waals surface area contributed by atoms with E-state index >= 15 is 0 Å². The third kappa shape index (κ3) is 4.27.